The Labute approximate surface area is 129 Å². The number of nitrogens with zero attached hydrogens (tertiary/aromatic N) is 1. The van der Waals surface area contributed by atoms with E-state index in [9.17, 15) is 13.6 Å². The molecule has 0 spiro atoms. The number of hydrogen-bond donors (Lipinski definition) is 1. The zero-order valence-electron chi connectivity index (χ0n) is 11.2. The number of hydrogen-bond acceptors (Lipinski definition) is 3. The first-order valence-corrected chi connectivity index (χ1v) is 7.29. The predicted octanol–water partition coefficient (Wildman–Crippen LogP) is 4.34. The van der Waals surface area contributed by atoms with Crippen molar-refractivity contribution in [2.45, 2.75) is 0 Å². The number of thiazole rings is 1. The Morgan fingerprint density at radius 2 is 1.86 bits per heavy atom. The highest BCUT2D eigenvalue weighted by molar-refractivity contribution is 7.14. The fourth-order valence-corrected chi connectivity index (χ4v) is 2.61. The van der Waals surface area contributed by atoms with E-state index in [-0.39, 0.29) is 17.2 Å². The fourth-order valence-electron chi connectivity index (χ4n) is 1.91. The Bertz CT molecular complexity index is 818. The largest absolute Gasteiger partial charge is 0.298 e. The SMILES string of the molecule is O=C(Nc1nc(-c2cc(F)ccc2F)cs1)c1ccccc1. The molecule has 0 saturated carbocycles. The van der Waals surface area contributed by atoms with Crippen LogP contribution in [0.25, 0.3) is 11.3 Å². The molecule has 3 nitrogen and oxygen atoms in total. The first kappa shape index (κ1) is 14.3. The predicted molar refractivity (Wildman–Crippen MR) is 81.9 cm³/mol. The highest BCUT2D eigenvalue weighted by Crippen LogP contribution is 2.27. The zero-order valence-corrected chi connectivity index (χ0v) is 12.0. The number of nitrogens with one attached hydrogen (secondary N) is 1. The van der Waals surface area contributed by atoms with Gasteiger partial charge in [-0.3, -0.25) is 10.1 Å². The van der Waals surface area contributed by atoms with Crippen molar-refractivity contribution in [1.82, 2.24) is 4.98 Å². The number of benzene rings is 2. The van der Waals surface area contributed by atoms with Crippen LogP contribution in [0.4, 0.5) is 13.9 Å². The number of aromatic nitrogens is 1. The van der Waals surface area contributed by atoms with Crippen LogP contribution < -0.4 is 5.32 Å². The minimum absolute atomic E-state index is 0.0662. The monoisotopic (exact) mass is 316 g/mol. The number of anilines is 1. The topological polar surface area (TPSA) is 42.0 Å². The molecule has 3 rings (SSSR count). The minimum atomic E-state index is -0.562. The van der Waals surface area contributed by atoms with Crippen LogP contribution in [0.5, 0.6) is 0 Å². The molecule has 0 aliphatic carbocycles. The normalized spacial score (nSPS) is 10.5. The molecule has 2 aromatic carbocycles. The molecule has 0 radical (unpaired) electrons. The van der Waals surface area contributed by atoms with Crippen LogP contribution >= 0.6 is 11.3 Å². The van der Waals surface area contributed by atoms with Crippen molar-refractivity contribution in [2.24, 2.45) is 0 Å². The van der Waals surface area contributed by atoms with Crippen molar-refractivity contribution in [3.05, 3.63) is 71.1 Å². The smallest absolute Gasteiger partial charge is 0.257 e. The van der Waals surface area contributed by atoms with Crippen LogP contribution in [0.2, 0.25) is 0 Å². The lowest BCUT2D eigenvalue weighted by Crippen LogP contribution is -2.11. The summed E-state index contributed by atoms with van der Waals surface area (Å²) in [6, 6.07) is 11.8. The maximum absolute atomic E-state index is 13.7. The standard InChI is InChI=1S/C16H10F2N2OS/c17-11-6-7-13(18)12(8-11)14-9-22-16(19-14)20-15(21)10-4-2-1-3-5-10/h1-9H,(H,19,20,21). The quantitative estimate of drug-likeness (QED) is 0.781. The number of rotatable bonds is 3. The molecule has 0 aliphatic rings. The molecule has 1 amide bonds. The Hall–Kier alpha value is -2.60. The van der Waals surface area contributed by atoms with Gasteiger partial charge in [-0.2, -0.15) is 0 Å². The summed E-state index contributed by atoms with van der Waals surface area (Å²) in [4.78, 5) is 16.1. The molecule has 0 unspecified atom stereocenters. The average molecular weight is 316 g/mol. The molecule has 1 heterocycles. The number of carbonyl (C=O) groups is 1. The van der Waals surface area contributed by atoms with E-state index < -0.39 is 11.6 Å². The molecule has 1 aromatic heterocycles. The van der Waals surface area contributed by atoms with Gasteiger partial charge in [0.25, 0.3) is 5.91 Å². The molecule has 110 valence electrons. The van der Waals surface area contributed by atoms with Gasteiger partial charge in [-0.05, 0) is 30.3 Å². The number of halogens is 2. The number of amides is 1. The van der Waals surface area contributed by atoms with E-state index in [1.54, 1.807) is 29.6 Å². The minimum Gasteiger partial charge on any atom is -0.298 e. The third-order valence-electron chi connectivity index (χ3n) is 2.96. The van der Waals surface area contributed by atoms with E-state index in [0.717, 1.165) is 29.5 Å². The van der Waals surface area contributed by atoms with Crippen molar-refractivity contribution < 1.29 is 13.6 Å². The van der Waals surface area contributed by atoms with Gasteiger partial charge in [0.2, 0.25) is 0 Å². The summed E-state index contributed by atoms with van der Waals surface area (Å²) >= 11 is 1.15. The van der Waals surface area contributed by atoms with Crippen LogP contribution in [-0.4, -0.2) is 10.9 Å². The maximum Gasteiger partial charge on any atom is 0.257 e. The van der Waals surface area contributed by atoms with Gasteiger partial charge in [0.05, 0.1) is 5.69 Å². The Morgan fingerprint density at radius 3 is 2.64 bits per heavy atom. The lowest BCUT2D eigenvalue weighted by atomic mass is 10.1. The molecule has 0 saturated heterocycles. The molecule has 22 heavy (non-hydrogen) atoms. The van der Waals surface area contributed by atoms with E-state index in [2.05, 4.69) is 10.3 Å². The maximum atomic E-state index is 13.7. The van der Waals surface area contributed by atoms with Crippen LogP contribution in [0, 0.1) is 11.6 Å². The van der Waals surface area contributed by atoms with E-state index in [1.165, 1.54) is 0 Å². The molecular weight excluding hydrogens is 306 g/mol. The Morgan fingerprint density at radius 1 is 1.09 bits per heavy atom. The van der Waals surface area contributed by atoms with Crippen molar-refractivity contribution in [3.8, 4) is 11.3 Å². The van der Waals surface area contributed by atoms with Crippen LogP contribution in [0.1, 0.15) is 10.4 Å². The van der Waals surface area contributed by atoms with Gasteiger partial charge >= 0.3 is 0 Å². The van der Waals surface area contributed by atoms with Crippen molar-refractivity contribution >= 4 is 22.4 Å². The summed E-state index contributed by atoms with van der Waals surface area (Å²) in [6.45, 7) is 0. The van der Waals surface area contributed by atoms with E-state index in [4.69, 9.17) is 0 Å². The summed E-state index contributed by atoms with van der Waals surface area (Å²) in [5.74, 6) is -1.41. The van der Waals surface area contributed by atoms with E-state index in [0.29, 0.717) is 10.7 Å². The van der Waals surface area contributed by atoms with Gasteiger partial charge < -0.3 is 0 Å². The molecule has 0 fully saturated rings. The molecule has 0 atom stereocenters. The van der Waals surface area contributed by atoms with Crippen molar-refractivity contribution in [2.75, 3.05) is 5.32 Å². The van der Waals surface area contributed by atoms with Crippen molar-refractivity contribution in [1.29, 1.82) is 0 Å². The molecule has 0 aliphatic heterocycles. The Balaban J connectivity index is 1.82. The first-order valence-electron chi connectivity index (χ1n) is 6.41. The summed E-state index contributed by atoms with van der Waals surface area (Å²) in [5.41, 5.74) is 0.845. The molecular formula is C16H10F2N2OS. The van der Waals surface area contributed by atoms with Crippen LogP contribution in [-0.2, 0) is 0 Å². The summed E-state index contributed by atoms with van der Waals surface area (Å²) < 4.78 is 26.9. The number of carbonyl (C=O) groups excluding carboxylic acids is 1. The van der Waals surface area contributed by atoms with Crippen LogP contribution in [0.3, 0.4) is 0 Å². The van der Waals surface area contributed by atoms with Gasteiger partial charge in [0.1, 0.15) is 11.6 Å². The molecule has 3 aromatic rings. The highest BCUT2D eigenvalue weighted by atomic mass is 32.1. The van der Waals surface area contributed by atoms with E-state index in [1.807, 2.05) is 6.07 Å². The second kappa shape index (κ2) is 6.03. The third kappa shape index (κ3) is 3.01. The van der Waals surface area contributed by atoms with Gasteiger partial charge in [0, 0.05) is 16.5 Å². The Kier molecular flexibility index (Phi) is 3.93. The second-order valence-electron chi connectivity index (χ2n) is 4.48. The van der Waals surface area contributed by atoms with Gasteiger partial charge in [-0.25, -0.2) is 13.8 Å². The van der Waals surface area contributed by atoms with Crippen molar-refractivity contribution in [3.63, 3.8) is 0 Å². The zero-order chi connectivity index (χ0) is 15.5. The second-order valence-corrected chi connectivity index (χ2v) is 5.34. The van der Waals surface area contributed by atoms with E-state index >= 15 is 0 Å². The average Bonchev–Trinajstić information content (AvgIpc) is 2.99. The van der Waals surface area contributed by atoms with Gasteiger partial charge in [-0.15, -0.1) is 11.3 Å². The summed E-state index contributed by atoms with van der Waals surface area (Å²) in [5, 5.41) is 4.53. The lowest BCUT2D eigenvalue weighted by Gasteiger charge is -2.01. The lowest BCUT2D eigenvalue weighted by molar-refractivity contribution is 0.102. The fraction of sp³-hybridized carbons (Fsp3) is 0. The first-order chi connectivity index (χ1) is 10.6. The summed E-state index contributed by atoms with van der Waals surface area (Å²) in [7, 11) is 0. The molecule has 1 N–H and O–H groups in total. The highest BCUT2D eigenvalue weighted by Gasteiger charge is 2.12. The van der Waals surface area contributed by atoms with Gasteiger partial charge in [-0.1, -0.05) is 18.2 Å². The third-order valence-corrected chi connectivity index (χ3v) is 3.72. The summed E-state index contributed by atoms with van der Waals surface area (Å²) in [6.07, 6.45) is 0. The van der Waals surface area contributed by atoms with Gasteiger partial charge in [0.15, 0.2) is 5.13 Å². The molecule has 0 bridgehead atoms. The van der Waals surface area contributed by atoms with Crippen LogP contribution in [0.15, 0.2) is 53.9 Å². The molecule has 6 heteroatoms.